The van der Waals surface area contributed by atoms with Crippen molar-refractivity contribution in [3.05, 3.63) is 58.6 Å². The maximum Gasteiger partial charge on any atom is 0.231 e. The highest BCUT2D eigenvalue weighted by molar-refractivity contribution is 6.36. The highest BCUT2D eigenvalue weighted by Crippen LogP contribution is 2.36. The summed E-state index contributed by atoms with van der Waals surface area (Å²) in [4.78, 5) is 22.6. The highest BCUT2D eigenvalue weighted by atomic mass is 35.5. The molecule has 1 saturated heterocycles. The number of halogens is 2. The zero-order chi connectivity index (χ0) is 18.1. The van der Waals surface area contributed by atoms with E-state index in [1.165, 1.54) is 0 Å². The lowest BCUT2D eigenvalue weighted by Crippen LogP contribution is -2.28. The summed E-state index contributed by atoms with van der Waals surface area (Å²) < 4.78 is 0. The van der Waals surface area contributed by atoms with E-state index >= 15 is 0 Å². The van der Waals surface area contributed by atoms with E-state index in [4.69, 9.17) is 23.2 Å². The second-order valence-corrected chi connectivity index (χ2v) is 6.91. The Morgan fingerprint density at radius 2 is 2.00 bits per heavy atom. The van der Waals surface area contributed by atoms with Crippen LogP contribution in [0.15, 0.2) is 42.9 Å². The third-order valence-electron chi connectivity index (χ3n) is 4.50. The van der Waals surface area contributed by atoms with Gasteiger partial charge in [0.1, 0.15) is 10.2 Å². The summed E-state index contributed by atoms with van der Waals surface area (Å²) in [5.74, 6) is 0.380. The van der Waals surface area contributed by atoms with Gasteiger partial charge in [-0.1, -0.05) is 29.3 Å². The first-order valence-electron chi connectivity index (χ1n) is 8.19. The van der Waals surface area contributed by atoms with Crippen LogP contribution in [0.3, 0.4) is 0 Å². The molecule has 1 atom stereocenters. The summed E-state index contributed by atoms with van der Waals surface area (Å²) in [7, 11) is 0. The quantitative estimate of drug-likeness (QED) is 0.691. The fraction of sp³-hybridized carbons (Fsp3) is 0.222. The number of hydrogen-bond donors (Lipinski definition) is 1. The van der Waals surface area contributed by atoms with Crippen LogP contribution in [-0.4, -0.2) is 32.6 Å². The van der Waals surface area contributed by atoms with Crippen molar-refractivity contribution in [1.29, 1.82) is 0 Å². The maximum atomic E-state index is 12.8. The van der Waals surface area contributed by atoms with E-state index in [1.54, 1.807) is 29.6 Å². The minimum atomic E-state index is -0.116. The van der Waals surface area contributed by atoms with Gasteiger partial charge in [0, 0.05) is 36.6 Å². The van der Waals surface area contributed by atoms with Crippen molar-refractivity contribution in [1.82, 2.24) is 20.2 Å². The van der Waals surface area contributed by atoms with Crippen LogP contribution in [0, 0.1) is 5.92 Å². The van der Waals surface area contributed by atoms with Crippen LogP contribution in [0.2, 0.25) is 10.2 Å². The molecular weight excluding hydrogens is 373 g/mol. The molecule has 4 rings (SSSR count). The standard InChI is InChI=1S/C18H15Cl2N5O/c19-14-2-1-11(10-22-14)9-13-5-8-25(18(13)26)17-15(20)16(23-24-17)12-3-6-21-7-4-12/h1-4,6-7,10,13H,5,8-9H2,(H,23,24)/t13-/m0/s1. The zero-order valence-corrected chi connectivity index (χ0v) is 15.2. The summed E-state index contributed by atoms with van der Waals surface area (Å²) >= 11 is 12.3. The minimum Gasteiger partial charge on any atom is -0.294 e. The first-order valence-corrected chi connectivity index (χ1v) is 8.95. The normalized spacial score (nSPS) is 17.1. The number of aromatic amines is 1. The molecule has 0 aromatic carbocycles. The number of H-pyrrole nitrogens is 1. The Labute approximate surface area is 160 Å². The van der Waals surface area contributed by atoms with E-state index in [2.05, 4.69) is 20.2 Å². The zero-order valence-electron chi connectivity index (χ0n) is 13.7. The van der Waals surface area contributed by atoms with Gasteiger partial charge in [0.2, 0.25) is 5.91 Å². The summed E-state index contributed by atoms with van der Waals surface area (Å²) in [5.41, 5.74) is 2.54. The van der Waals surface area contributed by atoms with Crippen LogP contribution in [0.1, 0.15) is 12.0 Å². The van der Waals surface area contributed by atoms with E-state index in [1.807, 2.05) is 18.2 Å². The van der Waals surface area contributed by atoms with E-state index in [-0.39, 0.29) is 11.8 Å². The second kappa shape index (κ2) is 7.05. The van der Waals surface area contributed by atoms with Gasteiger partial charge >= 0.3 is 0 Å². The average molecular weight is 388 g/mol. The van der Waals surface area contributed by atoms with E-state index in [9.17, 15) is 4.79 Å². The van der Waals surface area contributed by atoms with Gasteiger partial charge in [0.15, 0.2) is 5.82 Å². The molecule has 4 heterocycles. The molecule has 1 N–H and O–H groups in total. The van der Waals surface area contributed by atoms with Gasteiger partial charge in [-0.15, -0.1) is 0 Å². The van der Waals surface area contributed by atoms with E-state index < -0.39 is 0 Å². The number of carbonyl (C=O) groups is 1. The first kappa shape index (κ1) is 17.0. The average Bonchev–Trinajstić information content (AvgIpc) is 3.21. The monoisotopic (exact) mass is 387 g/mol. The number of amides is 1. The number of pyridine rings is 2. The van der Waals surface area contributed by atoms with Crippen LogP contribution >= 0.6 is 23.2 Å². The number of carbonyl (C=O) groups excluding carboxylic acids is 1. The van der Waals surface area contributed by atoms with Gasteiger partial charge in [-0.25, -0.2) is 4.98 Å². The molecule has 0 spiro atoms. The van der Waals surface area contributed by atoms with Crippen molar-refractivity contribution >= 4 is 34.9 Å². The molecule has 0 saturated carbocycles. The molecule has 26 heavy (non-hydrogen) atoms. The molecule has 1 aliphatic rings. The summed E-state index contributed by atoms with van der Waals surface area (Å²) in [5, 5.41) is 8.09. The number of nitrogens with zero attached hydrogens (tertiary/aromatic N) is 4. The van der Waals surface area contributed by atoms with Crippen LogP contribution in [0.25, 0.3) is 11.3 Å². The van der Waals surface area contributed by atoms with Crippen molar-refractivity contribution < 1.29 is 4.79 Å². The highest BCUT2D eigenvalue weighted by Gasteiger charge is 2.35. The van der Waals surface area contributed by atoms with Crippen LogP contribution < -0.4 is 4.90 Å². The van der Waals surface area contributed by atoms with E-state index in [0.29, 0.717) is 34.7 Å². The Kier molecular flexibility index (Phi) is 4.61. The molecular formula is C18H15Cl2N5O. The Morgan fingerprint density at radius 1 is 1.19 bits per heavy atom. The van der Waals surface area contributed by atoms with Crippen molar-refractivity contribution in [3.63, 3.8) is 0 Å². The molecule has 8 heteroatoms. The molecule has 3 aromatic rings. The van der Waals surface area contributed by atoms with Crippen LogP contribution in [-0.2, 0) is 11.2 Å². The number of aromatic nitrogens is 4. The maximum absolute atomic E-state index is 12.8. The number of nitrogens with one attached hydrogen (secondary N) is 1. The van der Waals surface area contributed by atoms with Crippen molar-refractivity contribution in [2.24, 2.45) is 5.92 Å². The van der Waals surface area contributed by atoms with Crippen molar-refractivity contribution in [2.75, 3.05) is 11.4 Å². The number of hydrogen-bond acceptors (Lipinski definition) is 4. The van der Waals surface area contributed by atoms with Crippen LogP contribution in [0.5, 0.6) is 0 Å². The largest absolute Gasteiger partial charge is 0.294 e. The Balaban J connectivity index is 1.53. The fourth-order valence-electron chi connectivity index (χ4n) is 3.16. The van der Waals surface area contributed by atoms with Gasteiger partial charge in [-0.3, -0.25) is 19.8 Å². The molecule has 0 radical (unpaired) electrons. The predicted molar refractivity (Wildman–Crippen MR) is 100 cm³/mol. The lowest BCUT2D eigenvalue weighted by Gasteiger charge is -2.14. The molecule has 6 nitrogen and oxygen atoms in total. The predicted octanol–water partition coefficient (Wildman–Crippen LogP) is 3.77. The molecule has 1 amide bonds. The van der Waals surface area contributed by atoms with Gasteiger partial charge in [0.25, 0.3) is 0 Å². The first-order chi connectivity index (χ1) is 12.6. The van der Waals surface area contributed by atoms with Gasteiger partial charge < -0.3 is 0 Å². The molecule has 0 aliphatic carbocycles. The summed E-state index contributed by atoms with van der Waals surface area (Å²) in [6.07, 6.45) is 6.45. The fourth-order valence-corrected chi connectivity index (χ4v) is 3.57. The Bertz CT molecular complexity index is 927. The molecule has 1 fully saturated rings. The SMILES string of the molecule is O=C1[C@H](Cc2ccc(Cl)nc2)CCN1c1n[nH]c(-c2ccncc2)c1Cl. The van der Waals surface area contributed by atoms with Crippen LogP contribution in [0.4, 0.5) is 5.82 Å². The van der Waals surface area contributed by atoms with Crippen molar-refractivity contribution in [2.45, 2.75) is 12.8 Å². The van der Waals surface area contributed by atoms with Gasteiger partial charge in [0.05, 0.1) is 5.69 Å². The van der Waals surface area contributed by atoms with E-state index in [0.717, 1.165) is 17.5 Å². The van der Waals surface area contributed by atoms with Gasteiger partial charge in [-0.2, -0.15) is 5.10 Å². The summed E-state index contributed by atoms with van der Waals surface area (Å²) in [6, 6.07) is 7.31. The summed E-state index contributed by atoms with van der Waals surface area (Å²) in [6.45, 7) is 0.588. The second-order valence-electron chi connectivity index (χ2n) is 6.14. The van der Waals surface area contributed by atoms with Gasteiger partial charge in [-0.05, 0) is 36.6 Å². The molecule has 0 unspecified atom stereocenters. The minimum absolute atomic E-state index is 0.0228. The number of rotatable bonds is 4. The lowest BCUT2D eigenvalue weighted by molar-refractivity contribution is -0.120. The Hall–Kier alpha value is -2.44. The third-order valence-corrected chi connectivity index (χ3v) is 5.08. The topological polar surface area (TPSA) is 74.8 Å². The Morgan fingerprint density at radius 3 is 2.73 bits per heavy atom. The smallest absolute Gasteiger partial charge is 0.231 e. The molecule has 0 bridgehead atoms. The molecule has 3 aromatic heterocycles. The molecule has 1 aliphatic heterocycles. The lowest BCUT2D eigenvalue weighted by atomic mass is 9.99. The number of anilines is 1. The molecule has 132 valence electrons. The third kappa shape index (κ3) is 3.18. The van der Waals surface area contributed by atoms with Crippen molar-refractivity contribution in [3.8, 4) is 11.3 Å².